The van der Waals surface area contributed by atoms with Crippen molar-refractivity contribution in [1.29, 1.82) is 0 Å². The number of nitrogens with zero attached hydrogens (tertiary/aromatic N) is 2. The van der Waals surface area contributed by atoms with Crippen LogP contribution in [-0.2, 0) is 19.1 Å². The molecule has 150 valence electrons. The molecule has 1 atom stereocenters. The van der Waals surface area contributed by atoms with Crippen molar-refractivity contribution in [2.75, 3.05) is 13.7 Å². The topological polar surface area (TPSA) is 88.1 Å². The molecule has 0 spiro atoms. The SMILES string of the molecule is COC(=O)C1=CC2=NC(=S)N(CCCC(=O)NC3CCCCC3)C(=O)C2C=C1. The number of thiocarbonyl (C=S) groups is 1. The number of hydrogen-bond acceptors (Lipinski definition) is 5. The van der Waals surface area contributed by atoms with E-state index in [9.17, 15) is 14.4 Å². The Morgan fingerprint density at radius 1 is 1.32 bits per heavy atom. The van der Waals surface area contributed by atoms with Crippen LogP contribution in [0.2, 0.25) is 0 Å². The monoisotopic (exact) mass is 403 g/mol. The summed E-state index contributed by atoms with van der Waals surface area (Å²) in [5, 5.41) is 3.25. The van der Waals surface area contributed by atoms with Gasteiger partial charge in [0.2, 0.25) is 16.9 Å². The highest BCUT2D eigenvalue weighted by atomic mass is 32.1. The smallest absolute Gasteiger partial charge is 0.337 e. The Kier molecular flexibility index (Phi) is 6.72. The van der Waals surface area contributed by atoms with E-state index in [1.54, 1.807) is 12.2 Å². The predicted molar refractivity (Wildman–Crippen MR) is 109 cm³/mol. The fourth-order valence-corrected chi connectivity index (χ4v) is 4.02. The predicted octanol–water partition coefficient (Wildman–Crippen LogP) is 2.07. The highest BCUT2D eigenvalue weighted by Crippen LogP contribution is 2.23. The van der Waals surface area contributed by atoms with Gasteiger partial charge in [0.1, 0.15) is 0 Å². The molecule has 0 radical (unpaired) electrons. The number of rotatable bonds is 6. The van der Waals surface area contributed by atoms with E-state index in [1.807, 2.05) is 0 Å². The van der Waals surface area contributed by atoms with Crippen molar-refractivity contribution in [2.24, 2.45) is 10.9 Å². The first-order chi connectivity index (χ1) is 13.5. The van der Waals surface area contributed by atoms with Gasteiger partial charge in [-0.15, -0.1) is 0 Å². The third-order valence-corrected chi connectivity index (χ3v) is 5.57. The Morgan fingerprint density at radius 2 is 2.07 bits per heavy atom. The molecule has 28 heavy (non-hydrogen) atoms. The van der Waals surface area contributed by atoms with Crippen molar-refractivity contribution in [2.45, 2.75) is 51.0 Å². The zero-order valence-electron chi connectivity index (χ0n) is 16.0. The van der Waals surface area contributed by atoms with E-state index in [2.05, 4.69) is 10.3 Å². The number of aliphatic imine (C=N–C) groups is 1. The summed E-state index contributed by atoms with van der Waals surface area (Å²) in [6.07, 6.45) is 11.3. The number of methoxy groups -OCH3 is 1. The Labute approximate surface area is 169 Å². The molecule has 0 saturated heterocycles. The van der Waals surface area contributed by atoms with E-state index in [0.29, 0.717) is 30.7 Å². The first-order valence-electron chi connectivity index (χ1n) is 9.71. The van der Waals surface area contributed by atoms with Crippen LogP contribution in [0.15, 0.2) is 28.8 Å². The van der Waals surface area contributed by atoms with Crippen LogP contribution in [0.3, 0.4) is 0 Å². The third-order valence-electron chi connectivity index (χ3n) is 5.25. The van der Waals surface area contributed by atoms with Crippen molar-refractivity contribution in [1.82, 2.24) is 10.2 Å². The molecule has 1 heterocycles. The van der Waals surface area contributed by atoms with Crippen molar-refractivity contribution in [3.8, 4) is 0 Å². The van der Waals surface area contributed by atoms with E-state index in [1.165, 1.54) is 37.3 Å². The van der Waals surface area contributed by atoms with E-state index in [4.69, 9.17) is 17.0 Å². The van der Waals surface area contributed by atoms with E-state index < -0.39 is 11.9 Å². The largest absolute Gasteiger partial charge is 0.465 e. The van der Waals surface area contributed by atoms with Crippen molar-refractivity contribution < 1.29 is 19.1 Å². The number of amides is 2. The van der Waals surface area contributed by atoms with Crippen molar-refractivity contribution in [3.63, 3.8) is 0 Å². The second-order valence-corrected chi connectivity index (χ2v) is 7.61. The van der Waals surface area contributed by atoms with Gasteiger partial charge >= 0.3 is 5.97 Å². The van der Waals surface area contributed by atoms with Gasteiger partial charge < -0.3 is 10.1 Å². The first-order valence-corrected chi connectivity index (χ1v) is 10.1. The van der Waals surface area contributed by atoms with Crippen LogP contribution in [0.5, 0.6) is 0 Å². The molecule has 0 aromatic heterocycles. The summed E-state index contributed by atoms with van der Waals surface area (Å²) in [6, 6.07) is 0.286. The molecular weight excluding hydrogens is 378 g/mol. The van der Waals surface area contributed by atoms with E-state index in [0.717, 1.165) is 12.8 Å². The highest BCUT2D eigenvalue weighted by Gasteiger charge is 2.35. The molecule has 0 aromatic carbocycles. The van der Waals surface area contributed by atoms with Crippen LogP contribution in [-0.4, -0.2) is 53.2 Å². The molecule has 7 nitrogen and oxygen atoms in total. The van der Waals surface area contributed by atoms with Gasteiger partial charge in [0, 0.05) is 19.0 Å². The Bertz CT molecular complexity index is 765. The molecule has 2 amide bonds. The summed E-state index contributed by atoms with van der Waals surface area (Å²) in [5.74, 6) is -1.20. The molecule has 1 unspecified atom stereocenters. The number of carbonyl (C=O) groups is 3. The fourth-order valence-electron chi connectivity index (χ4n) is 3.73. The minimum atomic E-state index is -0.559. The molecule has 0 aromatic rings. The lowest BCUT2D eigenvalue weighted by Gasteiger charge is -2.30. The molecule has 3 rings (SSSR count). The molecule has 8 heteroatoms. The molecule has 1 fully saturated rings. The minimum absolute atomic E-state index is 0.0229. The van der Waals surface area contributed by atoms with Crippen LogP contribution in [0.25, 0.3) is 0 Å². The summed E-state index contributed by atoms with van der Waals surface area (Å²) in [6.45, 7) is 0.352. The molecule has 1 N–H and O–H groups in total. The normalized spacial score (nSPS) is 22.3. The quantitative estimate of drug-likeness (QED) is 0.542. The summed E-state index contributed by atoms with van der Waals surface area (Å²) in [4.78, 5) is 42.3. The van der Waals surface area contributed by atoms with Gasteiger partial charge in [0.25, 0.3) is 0 Å². The zero-order valence-corrected chi connectivity index (χ0v) is 16.8. The molecule has 1 saturated carbocycles. The van der Waals surface area contributed by atoms with Crippen LogP contribution in [0, 0.1) is 5.92 Å². The Hall–Kier alpha value is -2.35. The van der Waals surface area contributed by atoms with Gasteiger partial charge in [-0.05, 0) is 37.6 Å². The molecule has 1 aliphatic heterocycles. The summed E-state index contributed by atoms with van der Waals surface area (Å²) in [5.41, 5.74) is 0.783. The average molecular weight is 404 g/mol. The van der Waals surface area contributed by atoms with Gasteiger partial charge in [-0.1, -0.05) is 31.4 Å². The summed E-state index contributed by atoms with van der Waals surface area (Å²) >= 11 is 5.26. The van der Waals surface area contributed by atoms with Crippen molar-refractivity contribution in [3.05, 3.63) is 23.8 Å². The number of nitrogens with one attached hydrogen (secondary N) is 1. The Morgan fingerprint density at radius 3 is 2.79 bits per heavy atom. The van der Waals surface area contributed by atoms with Gasteiger partial charge in [-0.3, -0.25) is 14.5 Å². The van der Waals surface area contributed by atoms with E-state index >= 15 is 0 Å². The molecular formula is C20H25N3O4S. The van der Waals surface area contributed by atoms with Gasteiger partial charge in [0.15, 0.2) is 0 Å². The summed E-state index contributed by atoms with van der Waals surface area (Å²) < 4.78 is 4.69. The average Bonchev–Trinajstić information content (AvgIpc) is 2.70. The number of ether oxygens (including phenoxy) is 1. The molecule has 3 aliphatic rings. The molecule has 2 aliphatic carbocycles. The lowest BCUT2D eigenvalue weighted by atomic mass is 9.92. The maximum absolute atomic E-state index is 12.8. The number of fused-ring (bicyclic) bond motifs is 1. The lowest BCUT2D eigenvalue weighted by Crippen LogP contribution is -2.46. The van der Waals surface area contributed by atoms with Crippen LogP contribution in [0.1, 0.15) is 44.9 Å². The number of allylic oxidation sites excluding steroid dienone is 1. The van der Waals surface area contributed by atoms with Crippen LogP contribution >= 0.6 is 12.2 Å². The fraction of sp³-hybridized carbons (Fsp3) is 0.550. The third kappa shape index (κ3) is 4.73. The Balaban J connectivity index is 1.54. The zero-order chi connectivity index (χ0) is 20.1. The van der Waals surface area contributed by atoms with Crippen LogP contribution < -0.4 is 5.32 Å². The van der Waals surface area contributed by atoms with Gasteiger partial charge in [0.05, 0.1) is 24.3 Å². The minimum Gasteiger partial charge on any atom is -0.465 e. The van der Waals surface area contributed by atoms with Crippen molar-refractivity contribution >= 4 is 40.8 Å². The lowest BCUT2D eigenvalue weighted by molar-refractivity contribution is -0.135. The second-order valence-electron chi connectivity index (χ2n) is 7.24. The summed E-state index contributed by atoms with van der Waals surface area (Å²) in [7, 11) is 1.30. The maximum Gasteiger partial charge on any atom is 0.337 e. The first kappa shape index (κ1) is 20.4. The van der Waals surface area contributed by atoms with Crippen LogP contribution in [0.4, 0.5) is 0 Å². The second kappa shape index (κ2) is 9.23. The number of hydrogen-bond donors (Lipinski definition) is 1. The maximum atomic E-state index is 12.8. The van der Waals surface area contributed by atoms with E-state index in [-0.39, 0.29) is 23.0 Å². The number of esters is 1. The van der Waals surface area contributed by atoms with Gasteiger partial charge in [-0.2, -0.15) is 0 Å². The highest BCUT2D eigenvalue weighted by molar-refractivity contribution is 7.80. The number of carbonyl (C=O) groups excluding carboxylic acids is 3. The van der Waals surface area contributed by atoms with Gasteiger partial charge in [-0.25, -0.2) is 9.79 Å². The molecule has 0 bridgehead atoms. The standard InChI is InChI=1S/C20H25N3O4S/c1-27-19(26)13-9-10-15-16(12-13)22-20(28)23(18(15)25)11-5-8-17(24)21-14-6-3-2-4-7-14/h9-10,12,14-15H,2-8,11H2,1H3,(H,21,24).